The van der Waals surface area contributed by atoms with Crippen LogP contribution < -0.4 is 0 Å². The van der Waals surface area contributed by atoms with E-state index in [4.69, 9.17) is 14.2 Å². The second-order valence-electron chi connectivity index (χ2n) is 19.5. The summed E-state index contributed by atoms with van der Waals surface area (Å²) >= 11 is 0. The van der Waals surface area contributed by atoms with Crippen molar-refractivity contribution in [3.8, 4) is 0 Å². The van der Waals surface area contributed by atoms with Crippen LogP contribution in [-0.4, -0.2) is 37.2 Å². The Bertz CT molecular complexity index is 1540. The van der Waals surface area contributed by atoms with Crippen LogP contribution in [0.5, 0.6) is 0 Å². The van der Waals surface area contributed by atoms with Crippen molar-refractivity contribution in [3.63, 3.8) is 0 Å². The van der Waals surface area contributed by atoms with Gasteiger partial charge in [0.05, 0.1) is 0 Å². The fourth-order valence-electron chi connectivity index (χ4n) is 8.05. The second kappa shape index (κ2) is 60.4. The first kappa shape index (κ1) is 68.8. The van der Waals surface area contributed by atoms with Gasteiger partial charge in [-0.1, -0.05) is 271 Å². The smallest absolute Gasteiger partial charge is 0.306 e. The minimum atomic E-state index is -0.820. The summed E-state index contributed by atoms with van der Waals surface area (Å²) < 4.78 is 16.8. The monoisotopic (exact) mass is 1010 g/mol. The van der Waals surface area contributed by atoms with E-state index in [2.05, 4.69) is 136 Å². The van der Waals surface area contributed by atoms with Crippen molar-refractivity contribution in [3.05, 3.63) is 122 Å². The maximum Gasteiger partial charge on any atom is 0.306 e. The van der Waals surface area contributed by atoms with Gasteiger partial charge in [-0.15, -0.1) is 0 Å². The molecular formula is C67H110O6. The van der Waals surface area contributed by atoms with E-state index in [1.165, 1.54) is 116 Å². The van der Waals surface area contributed by atoms with Gasteiger partial charge in [0, 0.05) is 19.3 Å². The summed E-state index contributed by atoms with van der Waals surface area (Å²) in [6.07, 6.45) is 83.5. The summed E-state index contributed by atoms with van der Waals surface area (Å²) in [7, 11) is 0. The molecule has 0 fully saturated rings. The Morgan fingerprint density at radius 1 is 0.288 bits per heavy atom. The highest BCUT2D eigenvalue weighted by molar-refractivity contribution is 5.71. The number of carbonyl (C=O) groups excluding carboxylic acids is 3. The maximum absolute atomic E-state index is 12.8. The second-order valence-corrected chi connectivity index (χ2v) is 19.5. The van der Waals surface area contributed by atoms with Gasteiger partial charge in [0.1, 0.15) is 13.2 Å². The molecule has 6 nitrogen and oxygen atoms in total. The summed E-state index contributed by atoms with van der Waals surface area (Å²) in [5, 5.41) is 0. The molecule has 1 atom stereocenters. The maximum atomic E-state index is 12.8. The number of esters is 3. The van der Waals surface area contributed by atoms with Crippen molar-refractivity contribution < 1.29 is 28.6 Å². The van der Waals surface area contributed by atoms with Gasteiger partial charge in [0.15, 0.2) is 6.10 Å². The SMILES string of the molecule is CC/C=C\C/C=C\C/C=C\C/C=C\C/C=C\C/C=C\CCC(=O)OC(COC(=O)CCCCCCCCCCCCC)COC(=O)CCCCCCCCCCCCCC/C=C\C/C=C\C/C=C\C/C=C\CC. The van der Waals surface area contributed by atoms with Gasteiger partial charge in [0.2, 0.25) is 0 Å². The first-order valence-corrected chi connectivity index (χ1v) is 30.0. The van der Waals surface area contributed by atoms with Gasteiger partial charge in [-0.3, -0.25) is 14.4 Å². The van der Waals surface area contributed by atoms with E-state index in [0.717, 1.165) is 103 Å². The molecular weight excluding hydrogens is 901 g/mol. The minimum Gasteiger partial charge on any atom is -0.462 e. The van der Waals surface area contributed by atoms with Gasteiger partial charge in [-0.2, -0.15) is 0 Å². The van der Waals surface area contributed by atoms with Crippen molar-refractivity contribution in [1.29, 1.82) is 0 Å². The molecule has 0 saturated heterocycles. The number of carbonyl (C=O) groups is 3. The number of rotatable bonds is 53. The highest BCUT2D eigenvalue weighted by Gasteiger charge is 2.19. The molecule has 0 saturated carbocycles. The van der Waals surface area contributed by atoms with Gasteiger partial charge >= 0.3 is 17.9 Å². The van der Waals surface area contributed by atoms with Crippen LogP contribution in [-0.2, 0) is 28.6 Å². The zero-order valence-electron chi connectivity index (χ0n) is 47.4. The molecule has 0 aliphatic rings. The Morgan fingerprint density at radius 3 is 0.890 bits per heavy atom. The number of hydrogen-bond acceptors (Lipinski definition) is 6. The van der Waals surface area contributed by atoms with Crippen molar-refractivity contribution in [2.24, 2.45) is 0 Å². The van der Waals surface area contributed by atoms with Crippen LogP contribution >= 0.6 is 0 Å². The van der Waals surface area contributed by atoms with E-state index in [9.17, 15) is 14.4 Å². The molecule has 0 aromatic heterocycles. The van der Waals surface area contributed by atoms with Gasteiger partial charge in [0.25, 0.3) is 0 Å². The zero-order valence-corrected chi connectivity index (χ0v) is 47.4. The van der Waals surface area contributed by atoms with Crippen molar-refractivity contribution in [1.82, 2.24) is 0 Å². The third kappa shape index (κ3) is 58.6. The van der Waals surface area contributed by atoms with Crippen LogP contribution in [0.15, 0.2) is 122 Å². The summed E-state index contributed by atoms with van der Waals surface area (Å²) in [4.78, 5) is 38.1. The molecule has 0 aromatic rings. The van der Waals surface area contributed by atoms with E-state index in [-0.39, 0.29) is 31.6 Å². The Morgan fingerprint density at radius 2 is 0.562 bits per heavy atom. The zero-order chi connectivity index (χ0) is 52.9. The van der Waals surface area contributed by atoms with Crippen molar-refractivity contribution >= 4 is 17.9 Å². The quantitative estimate of drug-likeness (QED) is 0.0261. The highest BCUT2D eigenvalue weighted by atomic mass is 16.6. The molecule has 6 heteroatoms. The van der Waals surface area contributed by atoms with Gasteiger partial charge in [-0.25, -0.2) is 0 Å². The normalized spacial score (nSPS) is 13.0. The lowest BCUT2D eigenvalue weighted by Gasteiger charge is -2.18. The summed E-state index contributed by atoms with van der Waals surface area (Å²) in [5.74, 6) is -0.995. The molecule has 0 radical (unpaired) electrons. The average Bonchev–Trinajstić information content (AvgIpc) is 3.39. The van der Waals surface area contributed by atoms with Crippen molar-refractivity contribution in [2.45, 2.75) is 271 Å². The molecule has 0 spiro atoms. The van der Waals surface area contributed by atoms with E-state index >= 15 is 0 Å². The van der Waals surface area contributed by atoms with Crippen LogP contribution in [0.25, 0.3) is 0 Å². The topological polar surface area (TPSA) is 78.9 Å². The lowest BCUT2D eigenvalue weighted by molar-refractivity contribution is -0.166. The van der Waals surface area contributed by atoms with E-state index in [1.807, 2.05) is 6.08 Å². The van der Waals surface area contributed by atoms with Gasteiger partial charge in [-0.05, 0) is 96.3 Å². The minimum absolute atomic E-state index is 0.109. The number of unbranched alkanes of at least 4 members (excludes halogenated alkanes) is 22. The summed E-state index contributed by atoms with van der Waals surface area (Å²) in [6.45, 7) is 6.35. The predicted molar refractivity (Wildman–Crippen MR) is 316 cm³/mol. The molecule has 0 aliphatic carbocycles. The standard InChI is InChI=1S/C67H110O6/c1-4-7-10-13-16-19-22-24-26-28-30-31-32-33-34-35-37-38-40-42-45-48-51-54-57-60-66(69)72-63-64(62-71-65(68)59-56-53-50-47-44-21-18-15-12-9-6-3)73-67(70)61-58-55-52-49-46-43-41-39-36-29-27-25-23-20-17-14-11-8-5-2/h7-8,10-11,16-17,19-20,24-27,30-31,36,39,43,46,52,55,64H,4-6,9,12-15,18,21-23,28-29,32-35,37-38,40-42,44-45,47-51,53-54,56-63H2,1-3H3/b10-7-,11-8-,19-16-,20-17-,26-24-,27-25-,31-30-,39-36-,46-43-,55-52-. The molecule has 0 heterocycles. The fourth-order valence-corrected chi connectivity index (χ4v) is 8.05. The fraction of sp³-hybridized carbons (Fsp3) is 0.657. The Kier molecular flexibility index (Phi) is 56.9. The summed E-state index contributed by atoms with van der Waals surface area (Å²) in [6, 6.07) is 0. The van der Waals surface area contributed by atoms with Crippen LogP contribution in [0.2, 0.25) is 0 Å². The first-order chi connectivity index (χ1) is 36.0. The Balaban J connectivity index is 4.38. The van der Waals surface area contributed by atoms with Gasteiger partial charge < -0.3 is 14.2 Å². The lowest BCUT2D eigenvalue weighted by Crippen LogP contribution is -2.30. The Hall–Kier alpha value is -4.19. The molecule has 0 rings (SSSR count). The largest absolute Gasteiger partial charge is 0.462 e. The van der Waals surface area contributed by atoms with Crippen molar-refractivity contribution in [2.75, 3.05) is 13.2 Å². The third-order valence-corrected chi connectivity index (χ3v) is 12.5. The van der Waals surface area contributed by atoms with Crippen LogP contribution in [0.1, 0.15) is 265 Å². The Labute approximate surface area is 450 Å². The van der Waals surface area contributed by atoms with E-state index in [1.54, 1.807) is 0 Å². The highest BCUT2D eigenvalue weighted by Crippen LogP contribution is 2.15. The molecule has 414 valence electrons. The van der Waals surface area contributed by atoms with Crippen LogP contribution in [0, 0.1) is 0 Å². The molecule has 0 aliphatic heterocycles. The third-order valence-electron chi connectivity index (χ3n) is 12.5. The molecule has 0 aromatic carbocycles. The molecule has 73 heavy (non-hydrogen) atoms. The van der Waals surface area contributed by atoms with E-state index < -0.39 is 12.1 Å². The van der Waals surface area contributed by atoms with Crippen LogP contribution in [0.3, 0.4) is 0 Å². The number of hydrogen-bond donors (Lipinski definition) is 0. The molecule has 0 amide bonds. The molecule has 0 N–H and O–H groups in total. The lowest BCUT2D eigenvalue weighted by atomic mass is 10.0. The summed E-state index contributed by atoms with van der Waals surface area (Å²) in [5.41, 5.74) is 0. The average molecular weight is 1010 g/mol. The number of ether oxygens (including phenoxy) is 3. The first-order valence-electron chi connectivity index (χ1n) is 30.0. The molecule has 1 unspecified atom stereocenters. The molecule has 0 bridgehead atoms. The predicted octanol–water partition coefficient (Wildman–Crippen LogP) is 20.4. The van der Waals surface area contributed by atoms with Crippen LogP contribution in [0.4, 0.5) is 0 Å². The number of allylic oxidation sites excluding steroid dienone is 20. The van der Waals surface area contributed by atoms with E-state index in [0.29, 0.717) is 19.3 Å².